The van der Waals surface area contributed by atoms with Crippen molar-refractivity contribution in [3.05, 3.63) is 35.0 Å². The molecule has 0 fully saturated rings. The Labute approximate surface area is 88.5 Å². The summed E-state index contributed by atoms with van der Waals surface area (Å²) in [6.45, 7) is 0. The molecule has 1 aliphatic carbocycles. The molecular formula is C13H12N2. The monoisotopic (exact) mass is 196 g/mol. The summed E-state index contributed by atoms with van der Waals surface area (Å²) < 4.78 is 0. The first-order valence-electron chi connectivity index (χ1n) is 5.42. The van der Waals surface area contributed by atoms with E-state index in [4.69, 9.17) is 5.26 Å². The zero-order valence-electron chi connectivity index (χ0n) is 8.51. The second kappa shape index (κ2) is 3.13. The van der Waals surface area contributed by atoms with Crippen LogP contribution >= 0.6 is 0 Å². The molecule has 1 N–H and O–H groups in total. The van der Waals surface area contributed by atoms with E-state index in [0.29, 0.717) is 0 Å². The number of nitrogens with one attached hydrogen (secondary N) is 1. The summed E-state index contributed by atoms with van der Waals surface area (Å²) in [7, 11) is 0. The summed E-state index contributed by atoms with van der Waals surface area (Å²) in [5.74, 6) is 0. The molecule has 0 aliphatic heterocycles. The number of fused-ring (bicyclic) bond motifs is 3. The molecule has 1 aromatic carbocycles. The van der Waals surface area contributed by atoms with Gasteiger partial charge in [0.1, 0.15) is 6.07 Å². The number of hydrogen-bond donors (Lipinski definition) is 1. The van der Waals surface area contributed by atoms with Crippen molar-refractivity contribution in [2.45, 2.75) is 25.7 Å². The van der Waals surface area contributed by atoms with Crippen molar-refractivity contribution in [2.24, 2.45) is 0 Å². The standard InChI is InChI=1S/C13H12N2/c14-8-9-4-3-6-11-10-5-1-2-7-12(10)15-13(9)11/h3-4,6,15H,1-2,5,7H2. The van der Waals surface area contributed by atoms with E-state index in [1.165, 1.54) is 29.5 Å². The Bertz CT molecular complexity index is 558. The first-order chi connectivity index (χ1) is 7.40. The molecule has 3 rings (SSSR count). The van der Waals surface area contributed by atoms with Gasteiger partial charge in [-0.05, 0) is 37.3 Å². The van der Waals surface area contributed by atoms with Gasteiger partial charge in [-0.25, -0.2) is 0 Å². The van der Waals surface area contributed by atoms with E-state index >= 15 is 0 Å². The molecule has 0 saturated carbocycles. The fraction of sp³-hybridized carbons (Fsp3) is 0.308. The van der Waals surface area contributed by atoms with E-state index in [1.54, 1.807) is 0 Å². The van der Waals surface area contributed by atoms with Crippen LogP contribution in [0.15, 0.2) is 18.2 Å². The number of rotatable bonds is 0. The third kappa shape index (κ3) is 1.16. The molecule has 2 heteroatoms. The van der Waals surface area contributed by atoms with Crippen molar-refractivity contribution in [1.29, 1.82) is 5.26 Å². The van der Waals surface area contributed by atoms with E-state index in [0.717, 1.165) is 23.9 Å². The highest BCUT2D eigenvalue weighted by atomic mass is 14.7. The molecule has 0 radical (unpaired) electrons. The first kappa shape index (κ1) is 8.55. The van der Waals surface area contributed by atoms with Gasteiger partial charge in [0.15, 0.2) is 0 Å². The Hall–Kier alpha value is -1.75. The highest BCUT2D eigenvalue weighted by Crippen LogP contribution is 2.30. The lowest BCUT2D eigenvalue weighted by Crippen LogP contribution is -1.99. The largest absolute Gasteiger partial charge is 0.357 e. The van der Waals surface area contributed by atoms with Crippen LogP contribution in [-0.4, -0.2) is 4.98 Å². The average molecular weight is 196 g/mol. The molecule has 0 atom stereocenters. The van der Waals surface area contributed by atoms with Gasteiger partial charge in [-0.15, -0.1) is 0 Å². The average Bonchev–Trinajstić information content (AvgIpc) is 2.67. The fourth-order valence-corrected chi connectivity index (χ4v) is 2.52. The van der Waals surface area contributed by atoms with Crippen LogP contribution in [0.25, 0.3) is 10.9 Å². The summed E-state index contributed by atoms with van der Waals surface area (Å²) in [4.78, 5) is 3.41. The maximum absolute atomic E-state index is 9.03. The number of hydrogen-bond acceptors (Lipinski definition) is 1. The van der Waals surface area contributed by atoms with E-state index in [-0.39, 0.29) is 0 Å². The maximum Gasteiger partial charge on any atom is 0.101 e. The summed E-state index contributed by atoms with van der Waals surface area (Å²) in [6.07, 6.45) is 4.83. The molecule has 2 aromatic rings. The maximum atomic E-state index is 9.03. The summed E-state index contributed by atoms with van der Waals surface area (Å²) in [5.41, 5.74) is 4.58. The van der Waals surface area contributed by atoms with Gasteiger partial charge in [0.25, 0.3) is 0 Å². The second-order valence-corrected chi connectivity index (χ2v) is 4.13. The molecule has 0 spiro atoms. The Kier molecular flexibility index (Phi) is 1.78. The highest BCUT2D eigenvalue weighted by Gasteiger charge is 2.16. The van der Waals surface area contributed by atoms with Crippen LogP contribution in [0, 0.1) is 11.3 Å². The van der Waals surface area contributed by atoms with Crippen molar-refractivity contribution >= 4 is 10.9 Å². The molecule has 2 nitrogen and oxygen atoms in total. The van der Waals surface area contributed by atoms with Gasteiger partial charge >= 0.3 is 0 Å². The van der Waals surface area contributed by atoms with Gasteiger partial charge in [0, 0.05) is 11.1 Å². The number of benzene rings is 1. The summed E-state index contributed by atoms with van der Waals surface area (Å²) in [5, 5.41) is 10.3. The molecule has 15 heavy (non-hydrogen) atoms. The molecule has 0 saturated heterocycles. The highest BCUT2D eigenvalue weighted by molar-refractivity contribution is 5.89. The van der Waals surface area contributed by atoms with Gasteiger partial charge in [-0.2, -0.15) is 5.26 Å². The predicted octanol–water partition coefficient (Wildman–Crippen LogP) is 2.92. The number of nitrogens with zero attached hydrogens (tertiary/aromatic N) is 1. The number of nitriles is 1. The molecule has 1 aromatic heterocycles. The minimum absolute atomic E-state index is 0.766. The van der Waals surface area contributed by atoms with Crippen LogP contribution in [0.5, 0.6) is 0 Å². The van der Waals surface area contributed by atoms with Crippen molar-refractivity contribution in [2.75, 3.05) is 0 Å². The van der Waals surface area contributed by atoms with Crippen molar-refractivity contribution in [3.8, 4) is 6.07 Å². The van der Waals surface area contributed by atoms with Crippen molar-refractivity contribution in [1.82, 2.24) is 4.98 Å². The molecular weight excluding hydrogens is 184 g/mol. The van der Waals surface area contributed by atoms with Crippen LogP contribution in [0.4, 0.5) is 0 Å². The summed E-state index contributed by atoms with van der Waals surface area (Å²) >= 11 is 0. The van der Waals surface area contributed by atoms with E-state index in [9.17, 15) is 0 Å². The van der Waals surface area contributed by atoms with Crippen LogP contribution in [0.1, 0.15) is 29.7 Å². The van der Waals surface area contributed by atoms with Gasteiger partial charge in [0.2, 0.25) is 0 Å². The Morgan fingerprint density at radius 2 is 2.07 bits per heavy atom. The number of aromatic amines is 1. The quantitative estimate of drug-likeness (QED) is 0.691. The normalized spacial score (nSPS) is 14.9. The van der Waals surface area contributed by atoms with E-state index in [2.05, 4.69) is 17.1 Å². The number of aromatic nitrogens is 1. The topological polar surface area (TPSA) is 39.6 Å². The van der Waals surface area contributed by atoms with Crippen LogP contribution in [0.3, 0.4) is 0 Å². The predicted molar refractivity (Wildman–Crippen MR) is 59.7 cm³/mol. The van der Waals surface area contributed by atoms with Crippen LogP contribution in [0.2, 0.25) is 0 Å². The third-order valence-electron chi connectivity index (χ3n) is 3.25. The van der Waals surface area contributed by atoms with Gasteiger partial charge in [0.05, 0.1) is 11.1 Å². The second-order valence-electron chi connectivity index (χ2n) is 4.13. The Balaban J connectivity index is 2.37. The van der Waals surface area contributed by atoms with Gasteiger partial charge in [-0.1, -0.05) is 12.1 Å². The van der Waals surface area contributed by atoms with Crippen LogP contribution < -0.4 is 0 Å². The molecule has 0 unspecified atom stereocenters. The minimum atomic E-state index is 0.766. The first-order valence-corrected chi connectivity index (χ1v) is 5.42. The number of aryl methyl sites for hydroxylation is 2. The van der Waals surface area contributed by atoms with Crippen molar-refractivity contribution in [3.63, 3.8) is 0 Å². The number of para-hydroxylation sites is 1. The molecule has 1 aliphatic rings. The molecule has 0 amide bonds. The zero-order chi connectivity index (χ0) is 10.3. The van der Waals surface area contributed by atoms with Gasteiger partial charge < -0.3 is 4.98 Å². The van der Waals surface area contributed by atoms with Gasteiger partial charge in [-0.3, -0.25) is 0 Å². The van der Waals surface area contributed by atoms with Crippen LogP contribution in [-0.2, 0) is 12.8 Å². The Morgan fingerprint density at radius 1 is 1.20 bits per heavy atom. The van der Waals surface area contributed by atoms with E-state index in [1.807, 2.05) is 12.1 Å². The molecule has 1 heterocycles. The lowest BCUT2D eigenvalue weighted by molar-refractivity contribution is 0.680. The minimum Gasteiger partial charge on any atom is -0.357 e. The van der Waals surface area contributed by atoms with Crippen molar-refractivity contribution < 1.29 is 0 Å². The smallest absolute Gasteiger partial charge is 0.101 e. The fourth-order valence-electron chi connectivity index (χ4n) is 2.52. The summed E-state index contributed by atoms with van der Waals surface area (Å²) in [6, 6.07) is 8.22. The van der Waals surface area contributed by atoms with E-state index < -0.39 is 0 Å². The third-order valence-corrected chi connectivity index (χ3v) is 3.25. The lowest BCUT2D eigenvalue weighted by atomic mass is 9.95. The lowest BCUT2D eigenvalue weighted by Gasteiger charge is -2.10. The SMILES string of the molecule is N#Cc1cccc2c3c([nH]c12)CCCC3. The molecule has 0 bridgehead atoms. The zero-order valence-corrected chi connectivity index (χ0v) is 8.51. The molecule has 74 valence electrons. The number of H-pyrrole nitrogens is 1. The Morgan fingerprint density at radius 3 is 2.93 bits per heavy atom.